The van der Waals surface area contributed by atoms with Gasteiger partial charge < -0.3 is 10.6 Å². The summed E-state index contributed by atoms with van der Waals surface area (Å²) in [7, 11) is 2.10. The third-order valence-corrected chi connectivity index (χ3v) is 3.84. The summed E-state index contributed by atoms with van der Waals surface area (Å²) in [6.07, 6.45) is 5.47. The molecule has 1 amide bonds. The van der Waals surface area contributed by atoms with Gasteiger partial charge in [-0.3, -0.25) is 9.69 Å². The molecule has 0 aromatic heterocycles. The molecule has 0 spiro atoms. The molecule has 92 valence electrons. The normalized spacial score (nSPS) is 22.8. The van der Waals surface area contributed by atoms with Crippen LogP contribution in [0.25, 0.3) is 0 Å². The highest BCUT2D eigenvalue weighted by Gasteiger charge is 2.32. The molecule has 0 radical (unpaired) electrons. The molecule has 4 heteroatoms. The molecule has 1 saturated carbocycles. The number of hydrogen-bond acceptors (Lipinski definition) is 3. The van der Waals surface area contributed by atoms with Gasteiger partial charge in [-0.2, -0.15) is 0 Å². The Hall–Kier alpha value is -0.610. The molecule has 2 rings (SSSR count). The van der Waals surface area contributed by atoms with E-state index >= 15 is 0 Å². The van der Waals surface area contributed by atoms with Crippen LogP contribution in [0, 0.1) is 0 Å². The van der Waals surface area contributed by atoms with E-state index in [0.717, 1.165) is 25.9 Å². The van der Waals surface area contributed by atoms with E-state index in [1.54, 1.807) is 0 Å². The molecule has 4 nitrogen and oxygen atoms in total. The van der Waals surface area contributed by atoms with Crippen molar-refractivity contribution in [2.45, 2.75) is 44.2 Å². The number of hydrogen-bond donors (Lipinski definition) is 1. The second-order valence-corrected chi connectivity index (χ2v) is 5.08. The fourth-order valence-corrected chi connectivity index (χ4v) is 2.47. The molecule has 1 aliphatic heterocycles. The quantitative estimate of drug-likeness (QED) is 0.738. The van der Waals surface area contributed by atoms with E-state index in [-0.39, 0.29) is 6.04 Å². The predicted molar refractivity (Wildman–Crippen MR) is 64.1 cm³/mol. The summed E-state index contributed by atoms with van der Waals surface area (Å²) in [5.41, 5.74) is 5.77. The van der Waals surface area contributed by atoms with Crippen molar-refractivity contribution < 1.29 is 4.79 Å². The van der Waals surface area contributed by atoms with Gasteiger partial charge in [0.25, 0.3) is 0 Å². The molecule has 1 aliphatic carbocycles. The van der Waals surface area contributed by atoms with Gasteiger partial charge in [0.1, 0.15) is 0 Å². The van der Waals surface area contributed by atoms with Gasteiger partial charge in [0.05, 0.1) is 0 Å². The van der Waals surface area contributed by atoms with Gasteiger partial charge in [-0.15, -0.1) is 0 Å². The molecular weight excluding hydrogens is 202 g/mol. The van der Waals surface area contributed by atoms with Crippen molar-refractivity contribution in [2.75, 3.05) is 26.7 Å². The number of carbonyl (C=O) groups is 1. The molecule has 0 aromatic carbocycles. The van der Waals surface area contributed by atoms with E-state index in [4.69, 9.17) is 5.73 Å². The molecule has 1 heterocycles. The number of amides is 1. The van der Waals surface area contributed by atoms with E-state index in [1.807, 2.05) is 4.90 Å². The number of nitrogens with zero attached hydrogens (tertiary/aromatic N) is 2. The second-order valence-electron chi connectivity index (χ2n) is 5.08. The first-order valence-corrected chi connectivity index (χ1v) is 6.42. The van der Waals surface area contributed by atoms with Crippen LogP contribution in [0.4, 0.5) is 0 Å². The summed E-state index contributed by atoms with van der Waals surface area (Å²) in [5, 5.41) is 0. The smallest absolute Gasteiger partial charge is 0.224 e. The maximum atomic E-state index is 12.0. The highest BCUT2D eigenvalue weighted by atomic mass is 16.2. The number of carbonyl (C=O) groups excluding carboxylic acids is 1. The highest BCUT2D eigenvalue weighted by Crippen LogP contribution is 2.27. The number of nitrogens with two attached hydrogens (primary N) is 1. The number of likely N-dealkylation sites (N-methyl/N-ethyl adjacent to an activating group) is 1. The molecule has 2 aliphatic rings. The minimum absolute atomic E-state index is 0.237. The molecule has 2 N–H and O–H groups in total. The van der Waals surface area contributed by atoms with Crippen LogP contribution in [0.15, 0.2) is 0 Å². The van der Waals surface area contributed by atoms with Crippen LogP contribution in [-0.4, -0.2) is 54.5 Å². The Balaban J connectivity index is 1.82. The van der Waals surface area contributed by atoms with E-state index in [1.165, 1.54) is 12.8 Å². The minimum Gasteiger partial charge on any atom is -0.343 e. The molecule has 1 unspecified atom stereocenters. The summed E-state index contributed by atoms with van der Waals surface area (Å²) in [4.78, 5) is 16.3. The third-order valence-electron chi connectivity index (χ3n) is 3.84. The lowest BCUT2D eigenvalue weighted by atomic mass is 10.1. The summed E-state index contributed by atoms with van der Waals surface area (Å²) < 4.78 is 0. The van der Waals surface area contributed by atoms with Gasteiger partial charge in [0.2, 0.25) is 5.91 Å². The van der Waals surface area contributed by atoms with E-state index in [0.29, 0.717) is 24.9 Å². The zero-order valence-electron chi connectivity index (χ0n) is 10.2. The Bertz CT molecular complexity index is 247. The lowest BCUT2D eigenvalue weighted by Crippen LogP contribution is -2.43. The van der Waals surface area contributed by atoms with Crippen LogP contribution >= 0.6 is 0 Å². The van der Waals surface area contributed by atoms with Crippen LogP contribution in [-0.2, 0) is 4.79 Å². The fraction of sp³-hybridized carbons (Fsp3) is 0.917. The molecule has 16 heavy (non-hydrogen) atoms. The molecule has 1 atom stereocenters. The first-order chi connectivity index (χ1) is 7.72. The lowest BCUT2D eigenvalue weighted by molar-refractivity contribution is -0.131. The van der Waals surface area contributed by atoms with Crippen LogP contribution < -0.4 is 5.73 Å². The van der Waals surface area contributed by atoms with E-state index in [2.05, 4.69) is 11.9 Å². The Labute approximate surface area is 97.8 Å². The van der Waals surface area contributed by atoms with Crippen molar-refractivity contribution in [1.82, 2.24) is 9.80 Å². The van der Waals surface area contributed by atoms with Gasteiger partial charge >= 0.3 is 0 Å². The molecular formula is C12H23N3O. The van der Waals surface area contributed by atoms with Crippen molar-refractivity contribution in [1.29, 1.82) is 0 Å². The highest BCUT2D eigenvalue weighted by molar-refractivity contribution is 5.77. The number of rotatable bonds is 5. The van der Waals surface area contributed by atoms with E-state index in [9.17, 15) is 4.79 Å². The topological polar surface area (TPSA) is 49.6 Å². The lowest BCUT2D eigenvalue weighted by Gasteiger charge is -2.28. The van der Waals surface area contributed by atoms with Gasteiger partial charge in [-0.1, -0.05) is 0 Å². The average molecular weight is 225 g/mol. The summed E-state index contributed by atoms with van der Waals surface area (Å²) >= 11 is 0. The largest absolute Gasteiger partial charge is 0.343 e. The summed E-state index contributed by atoms with van der Waals surface area (Å²) in [6, 6.07) is 0.917. The van der Waals surface area contributed by atoms with Gasteiger partial charge in [0.15, 0.2) is 0 Å². The van der Waals surface area contributed by atoms with E-state index < -0.39 is 0 Å². The van der Waals surface area contributed by atoms with Gasteiger partial charge in [0, 0.05) is 38.1 Å². The first kappa shape index (κ1) is 11.9. The van der Waals surface area contributed by atoms with Gasteiger partial charge in [-0.05, 0) is 32.7 Å². The SMILES string of the molecule is CN(C1CC1)C(CN)CC(=O)N1CCCC1. The fourth-order valence-electron chi connectivity index (χ4n) is 2.47. The molecule has 1 saturated heterocycles. The Morgan fingerprint density at radius 3 is 2.56 bits per heavy atom. The van der Waals surface area contributed by atoms with Crippen LogP contribution in [0.3, 0.4) is 0 Å². The standard InChI is InChI=1S/C12H23N3O/c1-14(10-4-5-10)11(9-13)8-12(16)15-6-2-3-7-15/h10-11H,2-9,13H2,1H3. The number of likely N-dealkylation sites (tertiary alicyclic amines) is 1. The zero-order valence-corrected chi connectivity index (χ0v) is 10.2. The van der Waals surface area contributed by atoms with Crippen molar-refractivity contribution in [2.24, 2.45) is 5.73 Å². The minimum atomic E-state index is 0.237. The zero-order chi connectivity index (χ0) is 11.5. The second kappa shape index (κ2) is 5.15. The molecule has 0 aromatic rings. The van der Waals surface area contributed by atoms with Crippen LogP contribution in [0.2, 0.25) is 0 Å². The third kappa shape index (κ3) is 2.74. The molecule has 2 fully saturated rings. The maximum absolute atomic E-state index is 12.0. The average Bonchev–Trinajstić information content (AvgIpc) is 3.00. The summed E-state index contributed by atoms with van der Waals surface area (Å²) in [5.74, 6) is 0.292. The van der Waals surface area contributed by atoms with Crippen LogP contribution in [0.5, 0.6) is 0 Å². The molecule has 0 bridgehead atoms. The Morgan fingerprint density at radius 2 is 2.06 bits per heavy atom. The first-order valence-electron chi connectivity index (χ1n) is 6.42. The predicted octanol–water partition coefficient (Wildman–Crippen LogP) is 0.420. The maximum Gasteiger partial charge on any atom is 0.224 e. The van der Waals surface area contributed by atoms with Crippen molar-refractivity contribution >= 4 is 5.91 Å². The van der Waals surface area contributed by atoms with Gasteiger partial charge in [-0.25, -0.2) is 0 Å². The Kier molecular flexibility index (Phi) is 3.82. The Morgan fingerprint density at radius 1 is 1.44 bits per heavy atom. The summed E-state index contributed by atoms with van der Waals surface area (Å²) in [6.45, 7) is 2.49. The van der Waals surface area contributed by atoms with Crippen molar-refractivity contribution in [3.8, 4) is 0 Å². The van der Waals surface area contributed by atoms with Crippen LogP contribution in [0.1, 0.15) is 32.1 Å². The monoisotopic (exact) mass is 225 g/mol. The van der Waals surface area contributed by atoms with Crippen molar-refractivity contribution in [3.63, 3.8) is 0 Å². The van der Waals surface area contributed by atoms with Crippen molar-refractivity contribution in [3.05, 3.63) is 0 Å².